The molecule has 1 saturated heterocycles. The van der Waals surface area contributed by atoms with Crippen molar-refractivity contribution in [2.45, 2.75) is 25.7 Å². The molecule has 1 N–H and O–H groups in total. The number of halogens is 2. The molecule has 3 rings (SSSR count). The third kappa shape index (κ3) is 3.96. The number of para-hydroxylation sites is 1. The van der Waals surface area contributed by atoms with Crippen LogP contribution >= 0.6 is 0 Å². The minimum absolute atomic E-state index is 0.383. The molecule has 1 aliphatic carbocycles. The molecule has 0 aromatic heterocycles. The van der Waals surface area contributed by atoms with E-state index >= 15 is 0 Å². The molecule has 9 heteroatoms. The molecule has 7 nitrogen and oxygen atoms in total. The molecule has 1 heterocycles. The number of esters is 1. The Morgan fingerprint density at radius 1 is 1.07 bits per heavy atom. The SMILES string of the molecule is O=C(COC(=O)CN1C(=O)[C@@H]2CCCC[C@H]2C1=O)Nc1c(F)cccc1F. The molecule has 3 amide bonds. The molecule has 1 aromatic carbocycles. The van der Waals surface area contributed by atoms with Crippen molar-refractivity contribution in [2.75, 3.05) is 18.5 Å². The van der Waals surface area contributed by atoms with Crippen LogP contribution in [-0.2, 0) is 23.9 Å². The number of carbonyl (C=O) groups is 4. The van der Waals surface area contributed by atoms with Gasteiger partial charge in [0.25, 0.3) is 5.91 Å². The Morgan fingerprint density at radius 3 is 2.19 bits per heavy atom. The molecule has 1 aliphatic heterocycles. The lowest BCUT2D eigenvalue weighted by molar-refractivity contribution is -0.154. The molecule has 0 unspecified atom stereocenters. The first kappa shape index (κ1) is 18.9. The average Bonchev–Trinajstić information content (AvgIpc) is 2.88. The molecule has 27 heavy (non-hydrogen) atoms. The Hall–Kier alpha value is -2.84. The van der Waals surface area contributed by atoms with E-state index in [4.69, 9.17) is 4.74 Å². The Labute approximate surface area is 153 Å². The van der Waals surface area contributed by atoms with Gasteiger partial charge >= 0.3 is 5.97 Å². The number of amides is 3. The zero-order chi connectivity index (χ0) is 19.6. The number of nitrogens with one attached hydrogen (secondary N) is 1. The van der Waals surface area contributed by atoms with Crippen molar-refractivity contribution >= 4 is 29.4 Å². The van der Waals surface area contributed by atoms with Gasteiger partial charge < -0.3 is 10.1 Å². The van der Waals surface area contributed by atoms with Crippen molar-refractivity contribution in [1.29, 1.82) is 0 Å². The van der Waals surface area contributed by atoms with Crippen LogP contribution in [0.15, 0.2) is 18.2 Å². The molecule has 0 radical (unpaired) electrons. The van der Waals surface area contributed by atoms with E-state index in [1.54, 1.807) is 0 Å². The van der Waals surface area contributed by atoms with E-state index in [-0.39, 0.29) is 23.7 Å². The molecule has 1 aromatic rings. The lowest BCUT2D eigenvalue weighted by Gasteiger charge is -2.19. The molecule has 2 atom stereocenters. The molecule has 1 saturated carbocycles. The van der Waals surface area contributed by atoms with E-state index < -0.39 is 42.3 Å². The number of likely N-dealkylation sites (tertiary alicyclic amines) is 1. The highest BCUT2D eigenvalue weighted by Gasteiger charge is 2.48. The highest BCUT2D eigenvalue weighted by Crippen LogP contribution is 2.37. The predicted octanol–water partition coefficient (Wildman–Crippen LogP) is 1.62. The number of nitrogens with zero attached hydrogens (tertiary/aromatic N) is 1. The maximum atomic E-state index is 13.5. The van der Waals surface area contributed by atoms with Gasteiger partial charge in [0.15, 0.2) is 6.61 Å². The van der Waals surface area contributed by atoms with Crippen LogP contribution in [0.2, 0.25) is 0 Å². The first-order chi connectivity index (χ1) is 12.9. The van der Waals surface area contributed by atoms with Gasteiger partial charge in [-0.3, -0.25) is 24.1 Å². The van der Waals surface area contributed by atoms with Crippen molar-refractivity contribution in [3.05, 3.63) is 29.8 Å². The van der Waals surface area contributed by atoms with Crippen LogP contribution in [0.3, 0.4) is 0 Å². The molecule has 0 bridgehead atoms. The fraction of sp³-hybridized carbons (Fsp3) is 0.444. The van der Waals surface area contributed by atoms with Gasteiger partial charge in [-0.1, -0.05) is 18.9 Å². The van der Waals surface area contributed by atoms with E-state index in [0.717, 1.165) is 35.9 Å². The van der Waals surface area contributed by atoms with Gasteiger partial charge in [-0.05, 0) is 25.0 Å². The largest absolute Gasteiger partial charge is 0.454 e. The first-order valence-corrected chi connectivity index (χ1v) is 8.63. The molecular formula is C18H18F2N2O5. The Bertz CT molecular complexity index is 754. The lowest BCUT2D eigenvalue weighted by Crippen LogP contribution is -2.37. The standard InChI is InChI=1S/C18H18F2N2O5/c19-12-6-3-7-13(20)16(12)21-14(23)9-27-15(24)8-22-17(25)10-4-1-2-5-11(10)18(22)26/h3,6-7,10-11H,1-2,4-5,8-9H2,(H,21,23)/t10-,11-/m1/s1. The van der Waals surface area contributed by atoms with E-state index in [1.807, 2.05) is 5.32 Å². The Balaban J connectivity index is 1.52. The summed E-state index contributed by atoms with van der Waals surface area (Å²) >= 11 is 0. The van der Waals surface area contributed by atoms with E-state index in [0.29, 0.717) is 12.8 Å². The fourth-order valence-corrected chi connectivity index (χ4v) is 3.50. The maximum absolute atomic E-state index is 13.5. The van der Waals surface area contributed by atoms with Crippen LogP contribution in [0.25, 0.3) is 0 Å². The fourth-order valence-electron chi connectivity index (χ4n) is 3.50. The molecule has 2 fully saturated rings. The summed E-state index contributed by atoms with van der Waals surface area (Å²) < 4.78 is 31.7. The number of anilines is 1. The molecule has 144 valence electrons. The summed E-state index contributed by atoms with van der Waals surface area (Å²) in [7, 11) is 0. The van der Waals surface area contributed by atoms with Crippen molar-refractivity contribution in [3.8, 4) is 0 Å². The highest BCUT2D eigenvalue weighted by atomic mass is 19.1. The lowest BCUT2D eigenvalue weighted by atomic mass is 9.81. The Kier molecular flexibility index (Phi) is 5.48. The molecular weight excluding hydrogens is 362 g/mol. The van der Waals surface area contributed by atoms with Crippen molar-refractivity contribution in [2.24, 2.45) is 11.8 Å². The monoisotopic (exact) mass is 380 g/mol. The zero-order valence-corrected chi connectivity index (χ0v) is 14.4. The number of carbonyl (C=O) groups excluding carboxylic acids is 4. The van der Waals surface area contributed by atoms with Crippen LogP contribution in [0.4, 0.5) is 14.5 Å². The number of rotatable bonds is 5. The summed E-state index contributed by atoms with van der Waals surface area (Å²) in [6.45, 7) is -1.37. The van der Waals surface area contributed by atoms with Crippen molar-refractivity contribution < 1.29 is 32.7 Å². The molecule has 2 aliphatic rings. The first-order valence-electron chi connectivity index (χ1n) is 8.63. The zero-order valence-electron chi connectivity index (χ0n) is 14.4. The predicted molar refractivity (Wildman–Crippen MR) is 88.1 cm³/mol. The third-order valence-corrected chi connectivity index (χ3v) is 4.81. The smallest absolute Gasteiger partial charge is 0.326 e. The summed E-state index contributed by atoms with van der Waals surface area (Å²) in [6.07, 6.45) is 2.98. The average molecular weight is 380 g/mol. The van der Waals surface area contributed by atoms with Crippen LogP contribution in [0.1, 0.15) is 25.7 Å². The van der Waals surface area contributed by atoms with Gasteiger partial charge in [-0.25, -0.2) is 8.78 Å². The number of benzene rings is 1. The van der Waals surface area contributed by atoms with E-state index in [9.17, 15) is 28.0 Å². The topological polar surface area (TPSA) is 92.8 Å². The maximum Gasteiger partial charge on any atom is 0.326 e. The van der Waals surface area contributed by atoms with Gasteiger partial charge in [0, 0.05) is 0 Å². The van der Waals surface area contributed by atoms with Crippen LogP contribution in [0, 0.1) is 23.5 Å². The number of fused-ring (bicyclic) bond motifs is 1. The normalized spacial score (nSPS) is 21.8. The van der Waals surface area contributed by atoms with Gasteiger partial charge in [0.2, 0.25) is 11.8 Å². The second-order valence-electron chi connectivity index (χ2n) is 6.57. The number of hydrogen-bond donors (Lipinski definition) is 1. The van der Waals surface area contributed by atoms with Gasteiger partial charge in [-0.15, -0.1) is 0 Å². The van der Waals surface area contributed by atoms with Crippen LogP contribution in [-0.4, -0.2) is 41.7 Å². The van der Waals surface area contributed by atoms with Gasteiger partial charge in [0.05, 0.1) is 11.8 Å². The summed E-state index contributed by atoms with van der Waals surface area (Å²) in [5.74, 6) is -5.37. The van der Waals surface area contributed by atoms with Crippen LogP contribution < -0.4 is 5.32 Å². The third-order valence-electron chi connectivity index (χ3n) is 4.81. The number of imide groups is 1. The minimum Gasteiger partial charge on any atom is -0.454 e. The second kappa shape index (κ2) is 7.81. The van der Waals surface area contributed by atoms with Gasteiger partial charge in [-0.2, -0.15) is 0 Å². The summed E-state index contributed by atoms with van der Waals surface area (Å²) in [6, 6.07) is 3.07. The summed E-state index contributed by atoms with van der Waals surface area (Å²) in [5.41, 5.74) is -0.646. The number of ether oxygens (including phenoxy) is 1. The van der Waals surface area contributed by atoms with Gasteiger partial charge in [0.1, 0.15) is 23.9 Å². The highest BCUT2D eigenvalue weighted by molar-refractivity contribution is 6.07. The molecule has 0 spiro atoms. The van der Waals surface area contributed by atoms with E-state index in [2.05, 4.69) is 0 Å². The number of hydrogen-bond acceptors (Lipinski definition) is 5. The second-order valence-corrected chi connectivity index (χ2v) is 6.57. The van der Waals surface area contributed by atoms with Crippen molar-refractivity contribution in [1.82, 2.24) is 4.90 Å². The minimum atomic E-state index is -0.967. The quantitative estimate of drug-likeness (QED) is 0.619. The summed E-state index contributed by atoms with van der Waals surface area (Å²) in [4.78, 5) is 49.0. The van der Waals surface area contributed by atoms with E-state index in [1.165, 1.54) is 0 Å². The summed E-state index contributed by atoms with van der Waals surface area (Å²) in [5, 5.41) is 1.97. The van der Waals surface area contributed by atoms with Crippen molar-refractivity contribution in [3.63, 3.8) is 0 Å². The van der Waals surface area contributed by atoms with Crippen LogP contribution in [0.5, 0.6) is 0 Å². The Morgan fingerprint density at radius 2 is 1.63 bits per heavy atom.